The van der Waals surface area contributed by atoms with E-state index in [0.717, 1.165) is 16.9 Å². The van der Waals surface area contributed by atoms with E-state index < -0.39 is 0 Å². The molecule has 2 rings (SSSR count). The second-order valence-corrected chi connectivity index (χ2v) is 5.41. The highest BCUT2D eigenvalue weighted by Crippen LogP contribution is 2.19. The van der Waals surface area contributed by atoms with E-state index in [-0.39, 0.29) is 11.7 Å². The molecule has 0 saturated heterocycles. The van der Waals surface area contributed by atoms with Crippen molar-refractivity contribution in [2.75, 3.05) is 7.11 Å². The second-order valence-electron chi connectivity index (χ2n) is 5.41. The van der Waals surface area contributed by atoms with Gasteiger partial charge < -0.3 is 9.53 Å². The van der Waals surface area contributed by atoms with Gasteiger partial charge in [0.2, 0.25) is 0 Å². The molecular formula is C20H20O2. The molecule has 2 nitrogen and oxygen atoms in total. The Morgan fingerprint density at radius 2 is 1.50 bits per heavy atom. The van der Waals surface area contributed by atoms with Crippen LogP contribution in [0.5, 0.6) is 5.75 Å². The number of hydrogen-bond acceptors (Lipinski definition) is 2. The minimum atomic E-state index is 0.218. The summed E-state index contributed by atoms with van der Waals surface area (Å²) >= 11 is 0. The highest BCUT2D eigenvalue weighted by Gasteiger charge is 2.07. The van der Waals surface area contributed by atoms with Crippen molar-refractivity contribution in [2.45, 2.75) is 26.2 Å². The van der Waals surface area contributed by atoms with Gasteiger partial charge in [-0.05, 0) is 54.8 Å². The van der Waals surface area contributed by atoms with Crippen molar-refractivity contribution in [1.82, 2.24) is 0 Å². The van der Waals surface area contributed by atoms with E-state index >= 15 is 0 Å². The van der Waals surface area contributed by atoms with Crippen LogP contribution in [0, 0.1) is 11.8 Å². The van der Waals surface area contributed by atoms with E-state index in [0.29, 0.717) is 6.42 Å². The van der Waals surface area contributed by atoms with E-state index in [1.54, 1.807) is 14.0 Å². The molecule has 0 amide bonds. The first-order valence-corrected chi connectivity index (χ1v) is 7.34. The molecule has 112 valence electrons. The van der Waals surface area contributed by atoms with Gasteiger partial charge in [0.05, 0.1) is 7.11 Å². The van der Waals surface area contributed by atoms with E-state index in [1.807, 2.05) is 48.5 Å². The van der Waals surface area contributed by atoms with Crippen LogP contribution in [0.3, 0.4) is 0 Å². The lowest BCUT2D eigenvalue weighted by molar-refractivity contribution is -0.117. The summed E-state index contributed by atoms with van der Waals surface area (Å²) in [7, 11) is 1.65. The van der Waals surface area contributed by atoms with Gasteiger partial charge in [0.25, 0.3) is 0 Å². The minimum absolute atomic E-state index is 0.218. The van der Waals surface area contributed by atoms with Crippen molar-refractivity contribution >= 4 is 5.78 Å². The topological polar surface area (TPSA) is 26.3 Å². The molecule has 0 aliphatic carbocycles. The van der Waals surface area contributed by atoms with E-state index in [2.05, 4.69) is 18.8 Å². The average Bonchev–Trinajstić information content (AvgIpc) is 2.53. The molecule has 0 fully saturated rings. The highest BCUT2D eigenvalue weighted by atomic mass is 16.5. The Labute approximate surface area is 132 Å². The smallest absolute Gasteiger partial charge is 0.130 e. The van der Waals surface area contributed by atoms with Crippen LogP contribution in [0.4, 0.5) is 0 Å². The van der Waals surface area contributed by atoms with Crippen molar-refractivity contribution in [2.24, 2.45) is 0 Å². The first-order chi connectivity index (χ1) is 10.6. The van der Waals surface area contributed by atoms with Crippen molar-refractivity contribution in [1.29, 1.82) is 0 Å². The Kier molecular flexibility index (Phi) is 5.38. The first-order valence-electron chi connectivity index (χ1n) is 7.34. The van der Waals surface area contributed by atoms with Crippen LogP contribution in [0.2, 0.25) is 0 Å². The van der Waals surface area contributed by atoms with Crippen LogP contribution in [0.1, 0.15) is 42.9 Å². The fraction of sp³-hybridized carbons (Fsp3) is 0.250. The van der Waals surface area contributed by atoms with Gasteiger partial charge in [-0.3, -0.25) is 0 Å². The molecule has 2 aromatic rings. The molecule has 0 spiro atoms. The molecule has 0 bridgehead atoms. The van der Waals surface area contributed by atoms with Crippen molar-refractivity contribution in [3.8, 4) is 17.6 Å². The molecule has 0 heterocycles. The second kappa shape index (κ2) is 7.47. The molecule has 1 atom stereocenters. The highest BCUT2D eigenvalue weighted by molar-refractivity contribution is 5.76. The summed E-state index contributed by atoms with van der Waals surface area (Å²) in [4.78, 5) is 11.2. The molecule has 0 aromatic heterocycles. The number of carbonyl (C=O) groups is 1. The third-order valence-electron chi connectivity index (χ3n) is 3.51. The van der Waals surface area contributed by atoms with Crippen LogP contribution in [0.25, 0.3) is 0 Å². The molecule has 0 N–H and O–H groups in total. The quantitative estimate of drug-likeness (QED) is 0.790. The zero-order chi connectivity index (χ0) is 15.9. The van der Waals surface area contributed by atoms with E-state index in [4.69, 9.17) is 4.74 Å². The molecule has 2 heteroatoms. The number of hydrogen-bond donors (Lipinski definition) is 0. The molecule has 0 radical (unpaired) electrons. The lowest BCUT2D eigenvalue weighted by Gasteiger charge is -2.09. The summed E-state index contributed by atoms with van der Waals surface area (Å²) in [6, 6.07) is 15.8. The predicted octanol–water partition coefficient (Wildman–Crippen LogP) is 4.18. The maximum absolute atomic E-state index is 11.2. The van der Waals surface area contributed by atoms with Crippen LogP contribution in [-0.4, -0.2) is 12.9 Å². The van der Waals surface area contributed by atoms with Crippen LogP contribution >= 0.6 is 0 Å². The largest absolute Gasteiger partial charge is 0.497 e. The van der Waals surface area contributed by atoms with Crippen molar-refractivity contribution in [3.63, 3.8) is 0 Å². The van der Waals surface area contributed by atoms with Gasteiger partial charge in [-0.1, -0.05) is 30.9 Å². The van der Waals surface area contributed by atoms with Crippen molar-refractivity contribution < 1.29 is 9.53 Å². The van der Waals surface area contributed by atoms with E-state index in [1.165, 1.54) is 5.56 Å². The third kappa shape index (κ3) is 4.49. The Morgan fingerprint density at radius 3 is 1.95 bits per heavy atom. The summed E-state index contributed by atoms with van der Waals surface area (Å²) in [6.45, 7) is 3.70. The fourth-order valence-corrected chi connectivity index (χ4v) is 2.26. The Hall–Kier alpha value is -2.53. The number of ketones is 1. The number of carbonyl (C=O) groups excluding carboxylic acids is 1. The summed E-state index contributed by atoms with van der Waals surface area (Å²) in [6.07, 6.45) is 0.580. The Bertz CT molecular complexity index is 685. The zero-order valence-electron chi connectivity index (χ0n) is 13.2. The number of rotatable bonds is 4. The van der Waals surface area contributed by atoms with Gasteiger partial charge >= 0.3 is 0 Å². The molecule has 2 aromatic carbocycles. The maximum atomic E-state index is 11.2. The van der Waals surface area contributed by atoms with E-state index in [9.17, 15) is 4.79 Å². The normalized spacial score (nSPS) is 11.2. The molecule has 0 saturated carbocycles. The van der Waals surface area contributed by atoms with Crippen LogP contribution in [-0.2, 0) is 4.79 Å². The third-order valence-corrected chi connectivity index (χ3v) is 3.51. The zero-order valence-corrected chi connectivity index (χ0v) is 13.2. The monoisotopic (exact) mass is 292 g/mol. The molecule has 0 aliphatic rings. The summed E-state index contributed by atoms with van der Waals surface area (Å²) < 4.78 is 5.12. The van der Waals surface area contributed by atoms with Gasteiger partial charge in [0.1, 0.15) is 11.5 Å². The summed E-state index contributed by atoms with van der Waals surface area (Å²) in [5, 5.41) is 0. The summed E-state index contributed by atoms with van der Waals surface area (Å²) in [5.74, 6) is 7.58. The fourth-order valence-electron chi connectivity index (χ4n) is 2.26. The first kappa shape index (κ1) is 15.9. The molecule has 0 aliphatic heterocycles. The average molecular weight is 292 g/mol. The number of benzene rings is 2. The van der Waals surface area contributed by atoms with Gasteiger partial charge in [-0.25, -0.2) is 0 Å². The van der Waals surface area contributed by atoms with Gasteiger partial charge in [-0.15, -0.1) is 0 Å². The molecule has 22 heavy (non-hydrogen) atoms. The lowest BCUT2D eigenvalue weighted by Crippen LogP contribution is -2.00. The SMILES string of the molecule is COc1ccc(C#Cc2ccc(C(C)CC(C)=O)cc2)cc1. The number of methoxy groups -OCH3 is 1. The maximum Gasteiger partial charge on any atom is 0.130 e. The van der Waals surface area contributed by atoms with Crippen LogP contribution in [0.15, 0.2) is 48.5 Å². The summed E-state index contributed by atoms with van der Waals surface area (Å²) in [5.41, 5.74) is 3.09. The lowest BCUT2D eigenvalue weighted by atomic mass is 9.95. The predicted molar refractivity (Wildman–Crippen MR) is 89.1 cm³/mol. The number of Topliss-reactive ketones (excluding diaryl/α,β-unsaturated/α-hetero) is 1. The van der Waals surface area contributed by atoms with Gasteiger partial charge in [0, 0.05) is 17.5 Å². The molecule has 1 unspecified atom stereocenters. The van der Waals surface area contributed by atoms with Gasteiger partial charge in [-0.2, -0.15) is 0 Å². The standard InChI is InChI=1S/C20H20O2/c1-15(14-16(2)21)19-10-6-17(7-11-19)4-5-18-8-12-20(22-3)13-9-18/h6-13,15H,14H2,1-3H3. The molecular weight excluding hydrogens is 272 g/mol. The van der Waals surface area contributed by atoms with Gasteiger partial charge in [0.15, 0.2) is 0 Å². The van der Waals surface area contributed by atoms with Crippen molar-refractivity contribution in [3.05, 3.63) is 65.2 Å². The van der Waals surface area contributed by atoms with Crippen LogP contribution < -0.4 is 4.74 Å². The Balaban J connectivity index is 2.08. The minimum Gasteiger partial charge on any atom is -0.497 e. The Morgan fingerprint density at radius 1 is 1.00 bits per heavy atom. The number of ether oxygens (including phenoxy) is 1.